The van der Waals surface area contributed by atoms with Crippen molar-refractivity contribution in [1.29, 1.82) is 0 Å². The summed E-state index contributed by atoms with van der Waals surface area (Å²) in [6, 6.07) is 0. The van der Waals surface area contributed by atoms with Gasteiger partial charge in [-0.2, -0.15) is 0 Å². The number of allylic oxidation sites excluding steroid dienone is 1. The molecule has 0 radical (unpaired) electrons. The van der Waals surface area contributed by atoms with Crippen LogP contribution in [0.25, 0.3) is 0 Å². The minimum absolute atomic E-state index is 0.540. The van der Waals surface area contributed by atoms with E-state index in [1.165, 1.54) is 0 Å². The minimum atomic E-state index is 0.540. The third-order valence-electron chi connectivity index (χ3n) is 0.904. The summed E-state index contributed by atoms with van der Waals surface area (Å²) in [5.41, 5.74) is 0. The monoisotopic (exact) mass is 158 g/mol. The van der Waals surface area contributed by atoms with Gasteiger partial charge in [-0.3, -0.25) is 0 Å². The van der Waals surface area contributed by atoms with Gasteiger partial charge in [-0.1, -0.05) is 19.9 Å². The Morgan fingerprint density at radius 3 is 2.60 bits per heavy atom. The molecule has 58 valence electrons. The molecule has 0 atom stereocenters. The summed E-state index contributed by atoms with van der Waals surface area (Å²) in [6.45, 7) is 6.78. The lowest BCUT2D eigenvalue weighted by Gasteiger charge is -1.98. The lowest BCUT2D eigenvalue weighted by molar-refractivity contribution is 0.339. The van der Waals surface area contributed by atoms with Crippen LogP contribution in [0.15, 0.2) is 12.2 Å². The molecule has 0 amide bonds. The number of thiocarbonyl (C=S) groups is 1. The summed E-state index contributed by atoms with van der Waals surface area (Å²) < 4.78 is 5.04. The van der Waals surface area contributed by atoms with Gasteiger partial charge in [0.15, 0.2) is 5.05 Å². The molecule has 0 aromatic rings. The molecule has 10 heavy (non-hydrogen) atoms. The highest BCUT2D eigenvalue weighted by molar-refractivity contribution is 7.80. The minimum Gasteiger partial charge on any atom is -0.484 e. The van der Waals surface area contributed by atoms with Crippen LogP contribution in [0.5, 0.6) is 0 Å². The fourth-order valence-corrected chi connectivity index (χ4v) is 0.658. The van der Waals surface area contributed by atoms with E-state index in [1.54, 1.807) is 0 Å². The van der Waals surface area contributed by atoms with Gasteiger partial charge < -0.3 is 4.74 Å². The molecule has 0 aliphatic rings. The highest BCUT2D eigenvalue weighted by Gasteiger charge is 1.88. The highest BCUT2D eigenvalue weighted by atomic mass is 32.1. The standard InChI is InChI=1S/C8H14OS/c1-4-9-8(10)6-5-7(2)3/h5-7H,4H2,1-3H3/b6-5+. The van der Waals surface area contributed by atoms with Gasteiger partial charge in [0, 0.05) is 0 Å². The first-order chi connectivity index (χ1) is 4.66. The maximum atomic E-state index is 5.04. The Hall–Kier alpha value is -0.370. The van der Waals surface area contributed by atoms with E-state index in [0.717, 1.165) is 0 Å². The second-order valence-electron chi connectivity index (χ2n) is 2.36. The molecule has 0 rings (SSSR count). The van der Waals surface area contributed by atoms with Gasteiger partial charge in [0.05, 0.1) is 6.61 Å². The zero-order valence-electron chi connectivity index (χ0n) is 6.76. The second kappa shape index (κ2) is 5.42. The molecule has 2 heteroatoms. The Kier molecular flexibility index (Phi) is 5.22. The van der Waals surface area contributed by atoms with Crippen molar-refractivity contribution in [3.05, 3.63) is 12.2 Å². The average Bonchev–Trinajstić information content (AvgIpc) is 1.85. The van der Waals surface area contributed by atoms with Gasteiger partial charge >= 0.3 is 0 Å². The zero-order chi connectivity index (χ0) is 7.98. The first kappa shape index (κ1) is 9.63. The van der Waals surface area contributed by atoms with Crippen LogP contribution in [0.3, 0.4) is 0 Å². The van der Waals surface area contributed by atoms with Crippen molar-refractivity contribution in [2.75, 3.05) is 6.61 Å². The van der Waals surface area contributed by atoms with Crippen LogP contribution < -0.4 is 0 Å². The summed E-state index contributed by atoms with van der Waals surface area (Å²) in [4.78, 5) is 0. The van der Waals surface area contributed by atoms with E-state index < -0.39 is 0 Å². The van der Waals surface area contributed by atoms with Crippen molar-refractivity contribution >= 4 is 17.3 Å². The summed E-state index contributed by atoms with van der Waals surface area (Å²) in [5, 5.41) is 0.580. The molecule has 0 heterocycles. The molecule has 1 nitrogen and oxygen atoms in total. The van der Waals surface area contributed by atoms with Gasteiger partial charge in [-0.05, 0) is 31.1 Å². The second-order valence-corrected chi connectivity index (χ2v) is 2.76. The molecule has 0 aliphatic heterocycles. The maximum absolute atomic E-state index is 5.04. The molecular weight excluding hydrogens is 144 g/mol. The average molecular weight is 158 g/mol. The van der Waals surface area contributed by atoms with Crippen LogP contribution in [0.2, 0.25) is 0 Å². The largest absolute Gasteiger partial charge is 0.484 e. The third kappa shape index (κ3) is 5.76. The summed E-state index contributed by atoms with van der Waals surface area (Å²) in [6.07, 6.45) is 3.86. The van der Waals surface area contributed by atoms with Crippen LogP contribution >= 0.6 is 12.2 Å². The van der Waals surface area contributed by atoms with Gasteiger partial charge in [0.2, 0.25) is 0 Å². The topological polar surface area (TPSA) is 9.23 Å². The van der Waals surface area contributed by atoms with Crippen molar-refractivity contribution in [3.8, 4) is 0 Å². The summed E-state index contributed by atoms with van der Waals surface area (Å²) >= 11 is 4.86. The fraction of sp³-hybridized carbons (Fsp3) is 0.625. The van der Waals surface area contributed by atoms with Gasteiger partial charge in [-0.25, -0.2) is 0 Å². The normalized spacial score (nSPS) is 10.8. The molecule has 0 N–H and O–H groups in total. The van der Waals surface area contributed by atoms with Crippen molar-refractivity contribution in [3.63, 3.8) is 0 Å². The van der Waals surface area contributed by atoms with Crippen molar-refractivity contribution in [2.24, 2.45) is 5.92 Å². The number of rotatable bonds is 3. The van der Waals surface area contributed by atoms with E-state index in [-0.39, 0.29) is 0 Å². The maximum Gasteiger partial charge on any atom is 0.183 e. The van der Waals surface area contributed by atoms with Crippen LogP contribution in [-0.2, 0) is 4.74 Å². The van der Waals surface area contributed by atoms with E-state index in [0.29, 0.717) is 17.6 Å². The van der Waals surface area contributed by atoms with Crippen LogP contribution in [0, 0.1) is 5.92 Å². The molecule has 0 aromatic carbocycles. The number of ether oxygens (including phenoxy) is 1. The van der Waals surface area contributed by atoms with Crippen molar-refractivity contribution in [1.82, 2.24) is 0 Å². The van der Waals surface area contributed by atoms with E-state index in [2.05, 4.69) is 13.8 Å². The van der Waals surface area contributed by atoms with E-state index in [9.17, 15) is 0 Å². The predicted octanol–water partition coefficient (Wildman–Crippen LogP) is 2.56. The molecule has 0 aromatic heterocycles. The first-order valence-corrected chi connectivity index (χ1v) is 3.92. The number of hydrogen-bond acceptors (Lipinski definition) is 2. The SMILES string of the molecule is CCOC(=S)/C=C/C(C)C. The van der Waals surface area contributed by atoms with Gasteiger partial charge in [0.1, 0.15) is 0 Å². The van der Waals surface area contributed by atoms with E-state index >= 15 is 0 Å². The quantitative estimate of drug-likeness (QED) is 0.461. The van der Waals surface area contributed by atoms with Crippen molar-refractivity contribution < 1.29 is 4.74 Å². The molecular formula is C8H14OS. The smallest absolute Gasteiger partial charge is 0.183 e. The molecule has 0 aliphatic carbocycles. The molecule has 0 bridgehead atoms. The Morgan fingerprint density at radius 1 is 1.60 bits per heavy atom. The van der Waals surface area contributed by atoms with E-state index in [1.807, 2.05) is 19.1 Å². The number of hydrogen-bond donors (Lipinski definition) is 0. The highest BCUT2D eigenvalue weighted by Crippen LogP contribution is 1.94. The lowest BCUT2D eigenvalue weighted by Crippen LogP contribution is -1.96. The molecule has 0 unspecified atom stereocenters. The molecule has 0 spiro atoms. The van der Waals surface area contributed by atoms with Gasteiger partial charge in [0.25, 0.3) is 0 Å². The first-order valence-electron chi connectivity index (χ1n) is 3.51. The Bertz CT molecular complexity index is 127. The van der Waals surface area contributed by atoms with Crippen molar-refractivity contribution in [2.45, 2.75) is 20.8 Å². The molecule has 0 saturated heterocycles. The zero-order valence-corrected chi connectivity index (χ0v) is 7.57. The van der Waals surface area contributed by atoms with Gasteiger partial charge in [-0.15, -0.1) is 0 Å². The van der Waals surface area contributed by atoms with Crippen LogP contribution in [-0.4, -0.2) is 11.7 Å². The fourth-order valence-electron chi connectivity index (χ4n) is 0.461. The predicted molar refractivity (Wildman–Crippen MR) is 48.2 cm³/mol. The van der Waals surface area contributed by atoms with Crippen LogP contribution in [0.4, 0.5) is 0 Å². The molecule has 0 saturated carbocycles. The third-order valence-corrected chi connectivity index (χ3v) is 1.16. The van der Waals surface area contributed by atoms with Crippen LogP contribution in [0.1, 0.15) is 20.8 Å². The summed E-state index contributed by atoms with van der Waals surface area (Å²) in [5.74, 6) is 0.540. The molecule has 0 fully saturated rings. The summed E-state index contributed by atoms with van der Waals surface area (Å²) in [7, 11) is 0. The lowest BCUT2D eigenvalue weighted by atomic mass is 10.2. The Balaban J connectivity index is 3.56. The Morgan fingerprint density at radius 2 is 2.20 bits per heavy atom. The Labute approximate surface area is 68.1 Å². The van der Waals surface area contributed by atoms with E-state index in [4.69, 9.17) is 17.0 Å².